The van der Waals surface area contributed by atoms with Gasteiger partial charge in [0.05, 0.1) is 17.7 Å². The largest absolute Gasteiger partial charge is 0.363 e. The first-order valence-electron chi connectivity index (χ1n) is 9.17. The van der Waals surface area contributed by atoms with E-state index in [1.165, 1.54) is 5.56 Å². The lowest BCUT2D eigenvalue weighted by atomic mass is 9.93. The second kappa shape index (κ2) is 7.30. The van der Waals surface area contributed by atoms with E-state index in [-0.39, 0.29) is 23.7 Å². The third-order valence-electron chi connectivity index (χ3n) is 5.43. The quantitative estimate of drug-likeness (QED) is 0.810. The number of rotatable bonds is 3. The number of hydrogen-bond acceptors (Lipinski definition) is 3. The lowest BCUT2D eigenvalue weighted by Crippen LogP contribution is -2.60. The first-order valence-corrected chi connectivity index (χ1v) is 9.58. The predicted octanol–water partition coefficient (Wildman–Crippen LogP) is 2.25. The Kier molecular flexibility index (Phi) is 5.29. The van der Waals surface area contributed by atoms with Gasteiger partial charge in [0.15, 0.2) is 5.11 Å². The van der Waals surface area contributed by atoms with Crippen LogP contribution in [0, 0.1) is 0 Å². The van der Waals surface area contributed by atoms with Crippen LogP contribution >= 0.6 is 12.2 Å². The number of likely N-dealkylation sites (tertiary alicyclic amines) is 1. The van der Waals surface area contributed by atoms with Crippen LogP contribution < -0.4 is 10.6 Å². The zero-order chi connectivity index (χ0) is 18.0. The minimum Gasteiger partial charge on any atom is -0.363 e. The number of thiocarbonyl (C=S) groups is 1. The van der Waals surface area contributed by atoms with Gasteiger partial charge in [-0.1, -0.05) is 30.3 Å². The fourth-order valence-electron chi connectivity index (χ4n) is 4.12. The first-order chi connectivity index (χ1) is 12.0. The van der Waals surface area contributed by atoms with Crippen molar-refractivity contribution >= 4 is 23.2 Å². The molecule has 2 atom stereocenters. The smallest absolute Gasteiger partial charge is 0.241 e. The van der Waals surface area contributed by atoms with Gasteiger partial charge >= 0.3 is 0 Å². The van der Waals surface area contributed by atoms with Gasteiger partial charge in [-0.05, 0) is 38.6 Å². The SMILES string of the molecule is CCNC(=S)N1CCC2(CC1)N[C@H](C)C(=O)N2[C@H](C)c1ccccc1. The van der Waals surface area contributed by atoms with Gasteiger partial charge in [-0.3, -0.25) is 10.1 Å². The molecule has 3 rings (SSSR count). The van der Waals surface area contributed by atoms with Crippen LogP contribution in [-0.4, -0.2) is 52.2 Å². The highest BCUT2D eigenvalue weighted by Gasteiger charge is 2.52. The minimum absolute atomic E-state index is 0.0541. The maximum Gasteiger partial charge on any atom is 0.241 e. The molecule has 1 aromatic carbocycles. The predicted molar refractivity (Wildman–Crippen MR) is 104 cm³/mol. The number of benzene rings is 1. The maximum atomic E-state index is 12.9. The third kappa shape index (κ3) is 3.37. The lowest BCUT2D eigenvalue weighted by molar-refractivity contribution is -0.136. The summed E-state index contributed by atoms with van der Waals surface area (Å²) in [6.07, 6.45) is 1.76. The highest BCUT2D eigenvalue weighted by molar-refractivity contribution is 7.80. The monoisotopic (exact) mass is 360 g/mol. The van der Waals surface area contributed by atoms with Gasteiger partial charge in [0.2, 0.25) is 5.91 Å². The van der Waals surface area contributed by atoms with Gasteiger partial charge < -0.3 is 15.1 Å². The van der Waals surface area contributed by atoms with E-state index in [9.17, 15) is 4.79 Å². The number of carbonyl (C=O) groups excluding carboxylic acids is 1. The number of nitrogens with one attached hydrogen (secondary N) is 2. The van der Waals surface area contributed by atoms with E-state index >= 15 is 0 Å². The molecule has 1 spiro atoms. The van der Waals surface area contributed by atoms with Gasteiger partial charge in [0.1, 0.15) is 0 Å². The van der Waals surface area contributed by atoms with E-state index in [0.717, 1.165) is 37.6 Å². The molecule has 2 aliphatic rings. The van der Waals surface area contributed by atoms with Gasteiger partial charge in [-0.25, -0.2) is 0 Å². The molecule has 1 amide bonds. The van der Waals surface area contributed by atoms with Crippen LogP contribution in [0.2, 0.25) is 0 Å². The summed E-state index contributed by atoms with van der Waals surface area (Å²) in [5.74, 6) is 0.194. The average Bonchev–Trinajstić information content (AvgIpc) is 2.86. The molecule has 1 aromatic rings. The van der Waals surface area contributed by atoms with Crippen molar-refractivity contribution in [3.8, 4) is 0 Å². The van der Waals surface area contributed by atoms with Crippen LogP contribution in [0.15, 0.2) is 30.3 Å². The van der Waals surface area contributed by atoms with Crippen molar-refractivity contribution in [3.05, 3.63) is 35.9 Å². The molecule has 25 heavy (non-hydrogen) atoms. The van der Waals surface area contributed by atoms with E-state index in [1.807, 2.05) is 25.1 Å². The average molecular weight is 361 g/mol. The molecule has 0 radical (unpaired) electrons. The van der Waals surface area contributed by atoms with E-state index in [2.05, 4.69) is 46.4 Å². The molecule has 2 aliphatic heterocycles. The van der Waals surface area contributed by atoms with Crippen molar-refractivity contribution in [1.29, 1.82) is 0 Å². The highest BCUT2D eigenvalue weighted by atomic mass is 32.1. The fraction of sp³-hybridized carbons (Fsp3) is 0.579. The van der Waals surface area contributed by atoms with Crippen LogP contribution in [0.4, 0.5) is 0 Å². The Labute approximate surface area is 155 Å². The van der Waals surface area contributed by atoms with E-state index in [0.29, 0.717) is 0 Å². The molecule has 0 aromatic heterocycles. The van der Waals surface area contributed by atoms with Crippen molar-refractivity contribution in [2.24, 2.45) is 0 Å². The number of carbonyl (C=O) groups is 1. The third-order valence-corrected chi connectivity index (χ3v) is 5.83. The summed E-state index contributed by atoms with van der Waals surface area (Å²) < 4.78 is 0. The number of piperidine rings is 1. The van der Waals surface area contributed by atoms with Gasteiger partial charge in [-0.15, -0.1) is 0 Å². The first kappa shape index (κ1) is 18.1. The second-order valence-electron chi connectivity index (χ2n) is 7.02. The molecule has 0 bridgehead atoms. The zero-order valence-corrected chi connectivity index (χ0v) is 16.1. The summed E-state index contributed by atoms with van der Waals surface area (Å²) in [5, 5.41) is 7.64. The number of amides is 1. The molecular formula is C19H28N4OS. The van der Waals surface area contributed by atoms with Gasteiger partial charge in [0.25, 0.3) is 0 Å². The van der Waals surface area contributed by atoms with Crippen molar-refractivity contribution in [1.82, 2.24) is 20.4 Å². The molecule has 2 fully saturated rings. The van der Waals surface area contributed by atoms with Crippen LogP contribution in [-0.2, 0) is 4.79 Å². The van der Waals surface area contributed by atoms with Crippen LogP contribution in [0.5, 0.6) is 0 Å². The van der Waals surface area contributed by atoms with Gasteiger partial charge in [0, 0.05) is 32.5 Å². The van der Waals surface area contributed by atoms with Crippen molar-refractivity contribution in [2.45, 2.75) is 51.4 Å². The Morgan fingerprint density at radius 1 is 1.36 bits per heavy atom. The Morgan fingerprint density at radius 2 is 2.00 bits per heavy atom. The maximum absolute atomic E-state index is 12.9. The summed E-state index contributed by atoms with van der Waals surface area (Å²) >= 11 is 5.45. The van der Waals surface area contributed by atoms with Crippen LogP contribution in [0.25, 0.3) is 0 Å². The summed E-state index contributed by atoms with van der Waals surface area (Å²) in [6.45, 7) is 8.71. The van der Waals surface area contributed by atoms with Crippen molar-refractivity contribution < 1.29 is 4.79 Å². The number of hydrogen-bond donors (Lipinski definition) is 2. The normalized spacial score (nSPS) is 23.8. The molecule has 5 nitrogen and oxygen atoms in total. The molecule has 136 valence electrons. The van der Waals surface area contributed by atoms with Crippen LogP contribution in [0.3, 0.4) is 0 Å². The summed E-state index contributed by atoms with van der Waals surface area (Å²) in [4.78, 5) is 17.2. The standard InChI is InChI=1S/C19H28N4OS/c1-4-20-18(25)22-12-10-19(11-13-22)21-14(2)17(24)23(19)15(3)16-8-6-5-7-9-16/h5-9,14-15,21H,4,10-13H2,1-3H3,(H,20,25)/t14-,15-/m1/s1. The van der Waals surface area contributed by atoms with Crippen molar-refractivity contribution in [2.75, 3.05) is 19.6 Å². The molecule has 6 heteroatoms. The zero-order valence-electron chi connectivity index (χ0n) is 15.3. The van der Waals surface area contributed by atoms with Gasteiger partial charge in [-0.2, -0.15) is 0 Å². The molecule has 2 heterocycles. The minimum atomic E-state index is -0.274. The molecule has 0 aliphatic carbocycles. The second-order valence-corrected chi connectivity index (χ2v) is 7.40. The fourth-order valence-corrected chi connectivity index (χ4v) is 4.45. The molecule has 2 saturated heterocycles. The van der Waals surface area contributed by atoms with E-state index < -0.39 is 0 Å². The molecular weight excluding hydrogens is 332 g/mol. The Morgan fingerprint density at radius 3 is 2.60 bits per heavy atom. The molecule has 2 N–H and O–H groups in total. The topological polar surface area (TPSA) is 47.6 Å². The Hall–Kier alpha value is -1.66. The number of nitrogens with zero attached hydrogens (tertiary/aromatic N) is 2. The Balaban J connectivity index is 1.80. The summed E-state index contributed by atoms with van der Waals surface area (Å²) in [7, 11) is 0. The Bertz CT molecular complexity index is 628. The lowest BCUT2D eigenvalue weighted by Gasteiger charge is -2.47. The highest BCUT2D eigenvalue weighted by Crippen LogP contribution is 2.38. The van der Waals surface area contributed by atoms with E-state index in [4.69, 9.17) is 12.2 Å². The summed E-state index contributed by atoms with van der Waals surface area (Å²) in [5.41, 5.74) is 0.904. The van der Waals surface area contributed by atoms with E-state index in [1.54, 1.807) is 0 Å². The van der Waals surface area contributed by atoms with Crippen LogP contribution in [0.1, 0.15) is 45.2 Å². The molecule has 0 saturated carbocycles. The van der Waals surface area contributed by atoms with Crippen molar-refractivity contribution in [3.63, 3.8) is 0 Å². The molecule has 0 unspecified atom stereocenters. The summed E-state index contributed by atoms with van der Waals surface area (Å²) in [6, 6.07) is 10.2.